The summed E-state index contributed by atoms with van der Waals surface area (Å²) < 4.78 is 5.49. The fourth-order valence-corrected chi connectivity index (χ4v) is 1.65. The number of aromatic nitrogens is 3. The molecule has 0 radical (unpaired) electrons. The number of benzene rings is 1. The van der Waals surface area contributed by atoms with E-state index in [1.807, 2.05) is 13.0 Å². The van der Waals surface area contributed by atoms with Crippen molar-refractivity contribution in [1.29, 1.82) is 0 Å². The van der Waals surface area contributed by atoms with E-state index in [4.69, 9.17) is 27.9 Å². The van der Waals surface area contributed by atoms with Crippen LogP contribution in [0.2, 0.25) is 10.3 Å². The number of halogens is 2. The minimum absolute atomic E-state index is 0.0654. The first-order valence-electron chi connectivity index (χ1n) is 5.77. The molecule has 0 spiro atoms. The molecule has 2 aromatic rings. The van der Waals surface area contributed by atoms with Gasteiger partial charge in [0.15, 0.2) is 0 Å². The fraction of sp³-hybridized carbons (Fsp3) is 0.250. The fourth-order valence-electron chi connectivity index (χ4n) is 1.32. The van der Waals surface area contributed by atoms with E-state index in [2.05, 4.69) is 20.3 Å². The molecule has 1 N–H and O–H groups in total. The highest BCUT2D eigenvalue weighted by atomic mass is 35.5. The highest BCUT2D eigenvalue weighted by Crippen LogP contribution is 2.27. The van der Waals surface area contributed by atoms with E-state index in [0.717, 1.165) is 13.0 Å². The van der Waals surface area contributed by atoms with Crippen molar-refractivity contribution in [2.24, 2.45) is 0 Å². The van der Waals surface area contributed by atoms with E-state index in [1.165, 1.54) is 0 Å². The number of nitrogens with zero attached hydrogens (tertiary/aromatic N) is 3. The van der Waals surface area contributed by atoms with Gasteiger partial charge in [0, 0.05) is 6.54 Å². The first-order chi connectivity index (χ1) is 9.19. The second-order valence-corrected chi connectivity index (χ2v) is 4.42. The van der Waals surface area contributed by atoms with Gasteiger partial charge in [0.2, 0.25) is 11.2 Å². The normalized spacial score (nSPS) is 10.3. The lowest BCUT2D eigenvalue weighted by Gasteiger charge is -2.07. The van der Waals surface area contributed by atoms with Crippen LogP contribution in [0.3, 0.4) is 0 Å². The Labute approximate surface area is 121 Å². The molecule has 0 aliphatic rings. The maximum atomic E-state index is 5.99. The number of rotatable bonds is 5. The number of para-hydroxylation sites is 1. The molecule has 2 rings (SSSR count). The van der Waals surface area contributed by atoms with Gasteiger partial charge < -0.3 is 10.1 Å². The number of hydrogen-bond donors (Lipinski definition) is 1. The molecule has 0 fully saturated rings. The van der Waals surface area contributed by atoms with Crippen LogP contribution in [-0.4, -0.2) is 21.5 Å². The van der Waals surface area contributed by atoms with Crippen LogP contribution in [0.1, 0.15) is 13.3 Å². The molecule has 0 saturated heterocycles. The van der Waals surface area contributed by atoms with Crippen molar-refractivity contribution in [3.05, 3.63) is 34.6 Å². The van der Waals surface area contributed by atoms with Gasteiger partial charge in [-0.1, -0.05) is 30.7 Å². The molecular formula is C12H12Cl2N4O. The van der Waals surface area contributed by atoms with Gasteiger partial charge in [-0.15, -0.1) is 0 Å². The van der Waals surface area contributed by atoms with E-state index in [-0.39, 0.29) is 11.3 Å². The zero-order valence-electron chi connectivity index (χ0n) is 10.2. The highest BCUT2D eigenvalue weighted by molar-refractivity contribution is 6.32. The Morgan fingerprint density at radius 2 is 1.95 bits per heavy atom. The number of nitrogens with one attached hydrogen (secondary N) is 1. The lowest BCUT2D eigenvalue weighted by atomic mass is 10.3. The Hall–Kier alpha value is -1.59. The van der Waals surface area contributed by atoms with Gasteiger partial charge in [-0.3, -0.25) is 0 Å². The molecule has 0 bridgehead atoms. The summed E-state index contributed by atoms with van der Waals surface area (Å²) >= 11 is 11.8. The molecule has 1 aromatic heterocycles. The van der Waals surface area contributed by atoms with Crippen molar-refractivity contribution >= 4 is 29.2 Å². The monoisotopic (exact) mass is 298 g/mol. The van der Waals surface area contributed by atoms with Crippen LogP contribution in [0, 0.1) is 0 Å². The number of ether oxygens (including phenoxy) is 1. The van der Waals surface area contributed by atoms with Crippen LogP contribution >= 0.6 is 23.2 Å². The Kier molecular flexibility index (Phi) is 4.76. The molecule has 0 unspecified atom stereocenters. The molecule has 1 heterocycles. The predicted molar refractivity (Wildman–Crippen MR) is 75.1 cm³/mol. The largest absolute Gasteiger partial charge is 0.423 e. The minimum Gasteiger partial charge on any atom is -0.423 e. The average molecular weight is 299 g/mol. The third-order valence-corrected chi connectivity index (χ3v) is 2.64. The van der Waals surface area contributed by atoms with Crippen LogP contribution in [0.25, 0.3) is 0 Å². The van der Waals surface area contributed by atoms with Crippen molar-refractivity contribution in [2.45, 2.75) is 13.3 Å². The van der Waals surface area contributed by atoms with Gasteiger partial charge in [-0.25, -0.2) is 0 Å². The van der Waals surface area contributed by atoms with E-state index >= 15 is 0 Å². The van der Waals surface area contributed by atoms with Gasteiger partial charge in [0.05, 0.1) is 5.02 Å². The summed E-state index contributed by atoms with van der Waals surface area (Å²) in [5.41, 5.74) is 0. The summed E-state index contributed by atoms with van der Waals surface area (Å²) in [6, 6.07) is 7.16. The molecule has 7 heteroatoms. The Balaban J connectivity index is 2.20. The first-order valence-corrected chi connectivity index (χ1v) is 6.52. The van der Waals surface area contributed by atoms with Crippen molar-refractivity contribution < 1.29 is 4.74 Å². The molecule has 0 aliphatic carbocycles. The van der Waals surface area contributed by atoms with Crippen LogP contribution < -0.4 is 10.1 Å². The lowest BCUT2D eigenvalue weighted by molar-refractivity contribution is 0.440. The standard InChI is InChI=1S/C12H12Cl2N4O/c1-2-7-15-11-16-10(14)17-12(18-11)19-9-6-4-3-5-8(9)13/h3-6H,2,7H2,1H3,(H,15,16,17,18). The molecule has 5 nitrogen and oxygen atoms in total. The van der Waals surface area contributed by atoms with Crippen molar-refractivity contribution in [1.82, 2.24) is 15.0 Å². The van der Waals surface area contributed by atoms with Gasteiger partial charge in [-0.05, 0) is 30.2 Å². The number of hydrogen-bond acceptors (Lipinski definition) is 5. The summed E-state index contributed by atoms with van der Waals surface area (Å²) in [6.07, 6.45) is 0.948. The zero-order valence-corrected chi connectivity index (χ0v) is 11.7. The van der Waals surface area contributed by atoms with E-state index in [9.17, 15) is 0 Å². The van der Waals surface area contributed by atoms with Crippen molar-refractivity contribution in [3.8, 4) is 11.8 Å². The third-order valence-electron chi connectivity index (χ3n) is 2.16. The molecule has 0 aliphatic heterocycles. The van der Waals surface area contributed by atoms with Gasteiger partial charge in [0.1, 0.15) is 5.75 Å². The molecular weight excluding hydrogens is 287 g/mol. The maximum Gasteiger partial charge on any atom is 0.328 e. The predicted octanol–water partition coefficient (Wildman–Crippen LogP) is 3.79. The van der Waals surface area contributed by atoms with E-state index < -0.39 is 0 Å². The smallest absolute Gasteiger partial charge is 0.328 e. The molecule has 0 saturated carbocycles. The Bertz CT molecular complexity index is 565. The average Bonchev–Trinajstić information content (AvgIpc) is 2.38. The second kappa shape index (κ2) is 6.54. The SMILES string of the molecule is CCCNc1nc(Cl)nc(Oc2ccccc2Cl)n1. The summed E-state index contributed by atoms with van der Waals surface area (Å²) in [7, 11) is 0. The quantitative estimate of drug-likeness (QED) is 0.910. The third kappa shape index (κ3) is 3.94. The van der Waals surface area contributed by atoms with Crippen molar-refractivity contribution in [2.75, 3.05) is 11.9 Å². The van der Waals surface area contributed by atoms with Crippen LogP contribution in [0.4, 0.5) is 5.95 Å². The molecule has 0 amide bonds. The summed E-state index contributed by atoms with van der Waals surface area (Å²) in [5, 5.41) is 3.56. The lowest BCUT2D eigenvalue weighted by Crippen LogP contribution is -2.06. The molecule has 100 valence electrons. The molecule has 1 aromatic carbocycles. The van der Waals surface area contributed by atoms with E-state index in [0.29, 0.717) is 16.7 Å². The van der Waals surface area contributed by atoms with E-state index in [1.54, 1.807) is 18.2 Å². The minimum atomic E-state index is 0.0654. The first kappa shape index (κ1) is 13.8. The molecule has 19 heavy (non-hydrogen) atoms. The zero-order chi connectivity index (χ0) is 13.7. The Morgan fingerprint density at radius 3 is 2.68 bits per heavy atom. The summed E-state index contributed by atoms with van der Waals surface area (Å²) in [6.45, 7) is 2.78. The Morgan fingerprint density at radius 1 is 1.16 bits per heavy atom. The topological polar surface area (TPSA) is 59.9 Å². The van der Waals surface area contributed by atoms with Crippen LogP contribution in [-0.2, 0) is 0 Å². The van der Waals surface area contributed by atoms with Gasteiger partial charge in [-0.2, -0.15) is 15.0 Å². The van der Waals surface area contributed by atoms with Gasteiger partial charge in [0.25, 0.3) is 0 Å². The second-order valence-electron chi connectivity index (χ2n) is 3.67. The van der Waals surface area contributed by atoms with Crippen LogP contribution in [0.15, 0.2) is 24.3 Å². The van der Waals surface area contributed by atoms with Crippen molar-refractivity contribution in [3.63, 3.8) is 0 Å². The molecule has 0 atom stereocenters. The van der Waals surface area contributed by atoms with Crippen LogP contribution in [0.5, 0.6) is 11.8 Å². The summed E-state index contributed by atoms with van der Waals surface area (Å²) in [5.74, 6) is 0.844. The maximum absolute atomic E-state index is 5.99. The summed E-state index contributed by atoms with van der Waals surface area (Å²) in [4.78, 5) is 12.0. The highest BCUT2D eigenvalue weighted by Gasteiger charge is 2.08. The van der Waals surface area contributed by atoms with Gasteiger partial charge >= 0.3 is 6.01 Å². The number of anilines is 1.